The number of para-hydroxylation sites is 2. The van der Waals surface area contributed by atoms with Crippen LogP contribution in [0.25, 0.3) is 17.1 Å². The monoisotopic (exact) mass is 420 g/mol. The van der Waals surface area contributed by atoms with Gasteiger partial charge in [0.15, 0.2) is 0 Å². The number of pyridine rings is 1. The van der Waals surface area contributed by atoms with E-state index in [-0.39, 0.29) is 17.5 Å². The van der Waals surface area contributed by atoms with E-state index in [1.807, 2.05) is 38.1 Å². The minimum atomic E-state index is -0.279. The number of benzene rings is 1. The van der Waals surface area contributed by atoms with Crippen LogP contribution in [0.15, 0.2) is 47.4 Å². The van der Waals surface area contributed by atoms with Crippen molar-refractivity contribution in [2.24, 2.45) is 0 Å². The van der Waals surface area contributed by atoms with Crippen LogP contribution in [-0.2, 0) is 4.79 Å². The molecule has 1 aromatic carbocycles. The van der Waals surface area contributed by atoms with Crippen molar-refractivity contribution >= 4 is 34.4 Å². The molecular weight excluding hydrogens is 392 g/mol. The normalized spacial score (nSPS) is 15.3. The molecule has 1 saturated heterocycles. The molecule has 0 aliphatic carbocycles. The van der Waals surface area contributed by atoms with Crippen molar-refractivity contribution in [1.29, 1.82) is 0 Å². The minimum Gasteiger partial charge on any atom is -0.367 e. The fourth-order valence-electron chi connectivity index (χ4n) is 3.78. The van der Waals surface area contributed by atoms with Gasteiger partial charge in [0.1, 0.15) is 5.65 Å². The highest BCUT2D eigenvalue weighted by molar-refractivity contribution is 6.04. The lowest BCUT2D eigenvalue weighted by Gasteiger charge is -2.35. The summed E-state index contributed by atoms with van der Waals surface area (Å²) in [6, 6.07) is 9.70. The number of fused-ring (bicyclic) bond motifs is 1. The Hall–Kier alpha value is -3.39. The molecule has 0 spiro atoms. The van der Waals surface area contributed by atoms with Crippen molar-refractivity contribution in [3.8, 4) is 0 Å². The van der Waals surface area contributed by atoms with Crippen LogP contribution in [0.1, 0.15) is 25.5 Å². The number of rotatable bonds is 5. The third kappa shape index (κ3) is 4.54. The third-order valence-corrected chi connectivity index (χ3v) is 5.54. The molecule has 3 heterocycles. The van der Waals surface area contributed by atoms with E-state index in [2.05, 4.69) is 32.2 Å². The molecule has 0 unspecified atom stereocenters. The number of aromatic amines is 1. The van der Waals surface area contributed by atoms with Gasteiger partial charge in [0, 0.05) is 49.2 Å². The number of hydrogen-bond donors (Lipinski definition) is 2. The summed E-state index contributed by atoms with van der Waals surface area (Å²) in [6.07, 6.45) is 4.65. The van der Waals surface area contributed by atoms with E-state index in [9.17, 15) is 9.59 Å². The average molecular weight is 421 g/mol. The Kier molecular flexibility index (Phi) is 5.90. The highest BCUT2D eigenvalue weighted by Crippen LogP contribution is 2.26. The quantitative estimate of drug-likeness (QED) is 0.620. The molecule has 2 aromatic heterocycles. The van der Waals surface area contributed by atoms with Crippen LogP contribution >= 0.6 is 0 Å². The first-order valence-electron chi connectivity index (χ1n) is 10.5. The Bertz CT molecular complexity index is 1170. The number of carbonyl (C=O) groups is 1. The molecule has 1 aliphatic rings. The zero-order valence-corrected chi connectivity index (χ0v) is 18.1. The van der Waals surface area contributed by atoms with Gasteiger partial charge in [0.05, 0.1) is 17.6 Å². The largest absolute Gasteiger partial charge is 0.367 e. The number of aromatic nitrogens is 3. The zero-order valence-electron chi connectivity index (χ0n) is 18.1. The Morgan fingerprint density at radius 1 is 1.19 bits per heavy atom. The Morgan fingerprint density at radius 2 is 1.94 bits per heavy atom. The molecule has 4 rings (SSSR count). The average Bonchev–Trinajstić information content (AvgIpc) is 3.16. The number of piperazine rings is 1. The molecule has 0 radical (unpaired) electrons. The number of amides is 1. The lowest BCUT2D eigenvalue weighted by Crippen LogP contribution is -2.44. The van der Waals surface area contributed by atoms with Gasteiger partial charge < -0.3 is 20.1 Å². The van der Waals surface area contributed by atoms with Gasteiger partial charge in [-0.25, -0.2) is 4.68 Å². The van der Waals surface area contributed by atoms with Crippen LogP contribution in [0.5, 0.6) is 0 Å². The Morgan fingerprint density at radius 3 is 2.68 bits per heavy atom. The number of likely N-dealkylation sites (N-methyl/N-ethyl adjacent to an activating group) is 1. The summed E-state index contributed by atoms with van der Waals surface area (Å²) in [4.78, 5) is 32.5. The van der Waals surface area contributed by atoms with Crippen LogP contribution < -0.4 is 15.8 Å². The van der Waals surface area contributed by atoms with Crippen molar-refractivity contribution < 1.29 is 4.79 Å². The molecule has 162 valence electrons. The highest BCUT2D eigenvalue weighted by atomic mass is 16.1. The van der Waals surface area contributed by atoms with E-state index in [1.54, 1.807) is 23.0 Å². The van der Waals surface area contributed by atoms with Crippen molar-refractivity contribution in [3.63, 3.8) is 0 Å². The maximum absolute atomic E-state index is 12.6. The van der Waals surface area contributed by atoms with Crippen molar-refractivity contribution in [2.75, 3.05) is 43.4 Å². The highest BCUT2D eigenvalue weighted by Gasteiger charge is 2.17. The van der Waals surface area contributed by atoms with Gasteiger partial charge in [-0.2, -0.15) is 5.10 Å². The molecule has 0 bridgehead atoms. The van der Waals surface area contributed by atoms with Gasteiger partial charge in [-0.15, -0.1) is 0 Å². The number of nitrogens with zero attached hydrogens (tertiary/aromatic N) is 4. The summed E-state index contributed by atoms with van der Waals surface area (Å²) in [5, 5.41) is 8.11. The minimum absolute atomic E-state index is 0.140. The van der Waals surface area contributed by atoms with E-state index in [1.165, 1.54) is 6.08 Å². The van der Waals surface area contributed by atoms with Gasteiger partial charge in [-0.05, 0) is 45.2 Å². The van der Waals surface area contributed by atoms with E-state index < -0.39 is 0 Å². The SMILES string of the molecule is CC(C)n1ncc2cc(/C=C/C(=O)Nc3ccccc3N3CCN(C)CC3)c(=O)[nH]c21. The Labute approximate surface area is 181 Å². The molecule has 1 fully saturated rings. The van der Waals surface area contributed by atoms with Crippen LogP contribution in [0.2, 0.25) is 0 Å². The fourth-order valence-corrected chi connectivity index (χ4v) is 3.78. The smallest absolute Gasteiger partial charge is 0.256 e. The number of nitrogens with one attached hydrogen (secondary N) is 2. The second kappa shape index (κ2) is 8.77. The van der Waals surface area contributed by atoms with E-state index >= 15 is 0 Å². The van der Waals surface area contributed by atoms with Crippen molar-refractivity contribution in [2.45, 2.75) is 19.9 Å². The summed E-state index contributed by atoms with van der Waals surface area (Å²) in [5.41, 5.74) is 2.62. The molecule has 2 N–H and O–H groups in total. The molecule has 1 amide bonds. The Balaban J connectivity index is 1.51. The van der Waals surface area contributed by atoms with Crippen LogP contribution in [0.4, 0.5) is 11.4 Å². The summed E-state index contributed by atoms with van der Waals surface area (Å²) in [7, 11) is 2.11. The molecule has 0 atom stereocenters. The molecule has 1 aliphatic heterocycles. The second-order valence-electron chi connectivity index (χ2n) is 8.17. The first kappa shape index (κ1) is 20.9. The molecule has 31 heavy (non-hydrogen) atoms. The predicted molar refractivity (Wildman–Crippen MR) is 125 cm³/mol. The van der Waals surface area contributed by atoms with E-state index in [0.29, 0.717) is 11.2 Å². The number of hydrogen-bond acceptors (Lipinski definition) is 5. The fraction of sp³-hybridized carbons (Fsp3) is 0.348. The first-order valence-corrected chi connectivity index (χ1v) is 10.5. The van der Waals surface area contributed by atoms with Gasteiger partial charge in [-0.3, -0.25) is 9.59 Å². The molecule has 8 heteroatoms. The summed E-state index contributed by atoms with van der Waals surface area (Å²) in [6.45, 7) is 7.81. The summed E-state index contributed by atoms with van der Waals surface area (Å²) >= 11 is 0. The second-order valence-corrected chi connectivity index (χ2v) is 8.17. The van der Waals surface area contributed by atoms with Crippen LogP contribution in [0.3, 0.4) is 0 Å². The third-order valence-electron chi connectivity index (χ3n) is 5.54. The number of anilines is 2. The summed E-state index contributed by atoms with van der Waals surface area (Å²) < 4.78 is 1.77. The van der Waals surface area contributed by atoms with Gasteiger partial charge >= 0.3 is 0 Å². The topological polar surface area (TPSA) is 86.3 Å². The van der Waals surface area contributed by atoms with Crippen LogP contribution in [0, 0.1) is 0 Å². The first-order chi connectivity index (χ1) is 14.9. The molecule has 0 saturated carbocycles. The lowest BCUT2D eigenvalue weighted by atomic mass is 10.2. The maximum Gasteiger partial charge on any atom is 0.256 e. The van der Waals surface area contributed by atoms with Gasteiger partial charge in [0.25, 0.3) is 5.56 Å². The predicted octanol–water partition coefficient (Wildman–Crippen LogP) is 2.71. The number of H-pyrrole nitrogens is 1. The van der Waals surface area contributed by atoms with Crippen molar-refractivity contribution in [3.05, 3.63) is 58.5 Å². The van der Waals surface area contributed by atoms with E-state index in [0.717, 1.165) is 42.9 Å². The molecular formula is C23H28N6O2. The van der Waals surface area contributed by atoms with Crippen LogP contribution in [-0.4, -0.2) is 58.8 Å². The molecule has 3 aromatic rings. The standard InChI is InChI=1S/C23H28N6O2/c1-16(2)29-22-18(15-24-29)14-17(23(31)26-22)8-9-21(30)25-19-6-4-5-7-20(19)28-12-10-27(3)11-13-28/h4-9,14-16H,10-13H2,1-3H3,(H,25,30)(H,26,31)/b9-8+. The van der Waals surface area contributed by atoms with E-state index in [4.69, 9.17) is 0 Å². The maximum atomic E-state index is 12.6. The lowest BCUT2D eigenvalue weighted by molar-refractivity contribution is -0.111. The van der Waals surface area contributed by atoms with Gasteiger partial charge in [-0.1, -0.05) is 12.1 Å². The molecule has 8 nitrogen and oxygen atoms in total. The summed E-state index contributed by atoms with van der Waals surface area (Å²) in [5.74, 6) is -0.279. The zero-order chi connectivity index (χ0) is 22.0. The van der Waals surface area contributed by atoms with Gasteiger partial charge in [0.2, 0.25) is 5.91 Å². The van der Waals surface area contributed by atoms with Crippen molar-refractivity contribution in [1.82, 2.24) is 19.7 Å². The number of carbonyl (C=O) groups excluding carboxylic acids is 1.